The number of carbonyl (C=O) groups excluding carboxylic acids is 3. The van der Waals surface area contributed by atoms with Crippen molar-refractivity contribution < 1.29 is 23.5 Å². The third-order valence-corrected chi connectivity index (χ3v) is 6.43. The molecule has 0 spiro atoms. The average molecular weight is 617 g/mol. The zero-order chi connectivity index (χ0) is 25.8. The van der Waals surface area contributed by atoms with Crippen molar-refractivity contribution in [2.45, 2.75) is 13.5 Å². The lowest BCUT2D eigenvalue weighted by Crippen LogP contribution is -2.38. The minimum absolute atomic E-state index is 0.00538. The molecule has 0 aliphatic carbocycles. The summed E-state index contributed by atoms with van der Waals surface area (Å²) in [7, 11) is 0. The average Bonchev–Trinajstić information content (AvgIpc) is 3.08. The number of ether oxygens (including phenoxy) is 1. The molecule has 0 radical (unpaired) electrons. The van der Waals surface area contributed by atoms with Crippen LogP contribution in [0.1, 0.15) is 16.7 Å². The topological polar surface area (TPSA) is 87.7 Å². The number of carbonyl (C=O) groups is 3. The van der Waals surface area contributed by atoms with E-state index in [0.29, 0.717) is 26.9 Å². The first-order valence-corrected chi connectivity index (χ1v) is 12.4. The van der Waals surface area contributed by atoms with Gasteiger partial charge in [0, 0.05) is 0 Å². The van der Waals surface area contributed by atoms with E-state index in [1.54, 1.807) is 18.2 Å². The third-order valence-electron chi connectivity index (χ3n) is 5.25. The van der Waals surface area contributed by atoms with Crippen LogP contribution in [0.5, 0.6) is 5.75 Å². The molecule has 4 amide bonds. The third kappa shape index (κ3) is 6.00. The fourth-order valence-corrected chi connectivity index (χ4v) is 4.87. The van der Waals surface area contributed by atoms with Gasteiger partial charge in [0.25, 0.3) is 5.91 Å². The highest BCUT2D eigenvalue weighted by molar-refractivity contribution is 9.11. The largest absolute Gasteiger partial charge is 0.487 e. The predicted octanol–water partition coefficient (Wildman–Crippen LogP) is 5.77. The second-order valence-corrected chi connectivity index (χ2v) is 9.70. The summed E-state index contributed by atoms with van der Waals surface area (Å²) in [5, 5.41) is 4.83. The monoisotopic (exact) mass is 615 g/mol. The number of rotatable bonds is 7. The smallest absolute Gasteiger partial charge is 0.329 e. The Morgan fingerprint density at radius 1 is 1.08 bits per heavy atom. The van der Waals surface area contributed by atoms with Crippen molar-refractivity contribution in [3.63, 3.8) is 0 Å². The van der Waals surface area contributed by atoms with Crippen molar-refractivity contribution >= 4 is 61.5 Å². The minimum atomic E-state index is -0.744. The van der Waals surface area contributed by atoms with E-state index in [2.05, 4.69) is 42.5 Å². The Balaban J connectivity index is 1.44. The number of nitrogens with zero attached hydrogens (tertiary/aromatic N) is 1. The lowest BCUT2D eigenvalue weighted by Gasteiger charge is -2.12. The molecule has 0 bridgehead atoms. The molecule has 36 heavy (non-hydrogen) atoms. The van der Waals surface area contributed by atoms with Crippen molar-refractivity contribution in [3.05, 3.63) is 97.8 Å². The second-order valence-electron chi connectivity index (χ2n) is 8.00. The van der Waals surface area contributed by atoms with Crippen LogP contribution in [0.4, 0.5) is 14.9 Å². The summed E-state index contributed by atoms with van der Waals surface area (Å²) in [5.41, 5.74) is 2.76. The van der Waals surface area contributed by atoms with Crippen molar-refractivity contribution in [1.82, 2.24) is 10.2 Å². The zero-order valence-electron chi connectivity index (χ0n) is 19.0. The normalized spacial score (nSPS) is 14.2. The summed E-state index contributed by atoms with van der Waals surface area (Å²) < 4.78 is 21.0. The second kappa shape index (κ2) is 11.0. The number of hydrogen-bond donors (Lipinski definition) is 2. The molecule has 0 saturated carbocycles. The SMILES string of the molecule is Cc1ccc(COc2c(Br)cc(/C=C3/NC(=O)N(CC(=O)Nc4ccccc4F)C3=O)cc2Br)cc1. The van der Waals surface area contributed by atoms with E-state index in [-0.39, 0.29) is 11.4 Å². The number of anilines is 1. The summed E-state index contributed by atoms with van der Waals surface area (Å²) in [5.74, 6) is -1.40. The van der Waals surface area contributed by atoms with Gasteiger partial charge in [-0.05, 0) is 80.3 Å². The van der Waals surface area contributed by atoms with Crippen LogP contribution in [0.2, 0.25) is 0 Å². The van der Waals surface area contributed by atoms with Gasteiger partial charge < -0.3 is 15.4 Å². The Kier molecular flexibility index (Phi) is 7.85. The maximum atomic E-state index is 13.8. The van der Waals surface area contributed by atoms with E-state index in [0.717, 1.165) is 16.0 Å². The molecule has 0 aromatic heterocycles. The fraction of sp³-hybridized carbons (Fsp3) is 0.115. The van der Waals surface area contributed by atoms with E-state index in [1.165, 1.54) is 24.3 Å². The molecule has 0 unspecified atom stereocenters. The molecular formula is C26H20Br2FN3O4. The van der Waals surface area contributed by atoms with Crippen LogP contribution in [0.25, 0.3) is 6.08 Å². The highest BCUT2D eigenvalue weighted by Gasteiger charge is 2.35. The summed E-state index contributed by atoms with van der Waals surface area (Å²) in [6.45, 7) is 1.83. The number of para-hydroxylation sites is 1. The molecule has 4 rings (SSSR count). The molecule has 1 saturated heterocycles. The number of aryl methyl sites for hydroxylation is 1. The molecule has 1 aliphatic heterocycles. The first kappa shape index (κ1) is 25.6. The number of imide groups is 1. The van der Waals surface area contributed by atoms with Gasteiger partial charge in [-0.3, -0.25) is 9.59 Å². The number of benzene rings is 3. The first-order valence-electron chi connectivity index (χ1n) is 10.8. The van der Waals surface area contributed by atoms with Crippen LogP contribution < -0.4 is 15.4 Å². The van der Waals surface area contributed by atoms with Crippen LogP contribution in [-0.2, 0) is 16.2 Å². The van der Waals surface area contributed by atoms with Crippen molar-refractivity contribution in [2.75, 3.05) is 11.9 Å². The van der Waals surface area contributed by atoms with Gasteiger partial charge in [-0.2, -0.15) is 0 Å². The molecule has 0 atom stereocenters. The highest BCUT2D eigenvalue weighted by Crippen LogP contribution is 2.36. The maximum Gasteiger partial charge on any atom is 0.329 e. The number of nitrogens with one attached hydrogen (secondary N) is 2. The Morgan fingerprint density at radius 2 is 1.75 bits per heavy atom. The van der Waals surface area contributed by atoms with Gasteiger partial charge in [0.05, 0.1) is 14.6 Å². The van der Waals surface area contributed by atoms with E-state index in [1.807, 2.05) is 31.2 Å². The number of hydrogen-bond acceptors (Lipinski definition) is 4. The number of halogens is 3. The molecule has 7 nitrogen and oxygen atoms in total. The molecule has 3 aromatic rings. The van der Waals surface area contributed by atoms with Crippen LogP contribution in [-0.4, -0.2) is 29.3 Å². The predicted molar refractivity (Wildman–Crippen MR) is 141 cm³/mol. The van der Waals surface area contributed by atoms with Crippen LogP contribution in [0.15, 0.2) is 75.3 Å². The van der Waals surface area contributed by atoms with Crippen molar-refractivity contribution in [3.8, 4) is 5.75 Å². The molecule has 1 aliphatic rings. The van der Waals surface area contributed by atoms with E-state index < -0.39 is 30.2 Å². The fourth-order valence-electron chi connectivity index (χ4n) is 3.42. The van der Waals surface area contributed by atoms with Gasteiger partial charge in [0.2, 0.25) is 5.91 Å². The van der Waals surface area contributed by atoms with E-state index >= 15 is 0 Å². The van der Waals surface area contributed by atoms with Crippen LogP contribution in [0, 0.1) is 12.7 Å². The van der Waals surface area contributed by atoms with Crippen molar-refractivity contribution in [2.24, 2.45) is 0 Å². The van der Waals surface area contributed by atoms with Gasteiger partial charge in [-0.15, -0.1) is 0 Å². The molecular weight excluding hydrogens is 597 g/mol. The molecule has 1 heterocycles. The van der Waals surface area contributed by atoms with E-state index in [9.17, 15) is 18.8 Å². The number of urea groups is 1. The first-order chi connectivity index (χ1) is 17.2. The minimum Gasteiger partial charge on any atom is -0.487 e. The Hall–Kier alpha value is -3.50. The maximum absolute atomic E-state index is 13.8. The summed E-state index contributed by atoms with van der Waals surface area (Å²) >= 11 is 6.98. The number of amides is 4. The van der Waals surface area contributed by atoms with Crippen LogP contribution >= 0.6 is 31.9 Å². The van der Waals surface area contributed by atoms with Gasteiger partial charge >= 0.3 is 6.03 Å². The standard InChI is InChI=1S/C26H20Br2FN3O4/c1-15-6-8-16(9-7-15)14-36-24-18(27)10-17(11-19(24)28)12-22-25(34)32(26(35)31-22)13-23(33)30-21-5-3-2-4-20(21)29/h2-12H,13-14H2,1H3,(H,30,33)(H,31,35)/b22-12+. The Morgan fingerprint density at radius 3 is 2.42 bits per heavy atom. The quantitative estimate of drug-likeness (QED) is 0.261. The molecule has 1 fully saturated rings. The van der Waals surface area contributed by atoms with Gasteiger partial charge in [0.15, 0.2) is 0 Å². The van der Waals surface area contributed by atoms with Crippen LogP contribution in [0.3, 0.4) is 0 Å². The zero-order valence-corrected chi connectivity index (χ0v) is 22.2. The molecule has 3 aromatic carbocycles. The Bertz CT molecular complexity index is 1350. The van der Waals surface area contributed by atoms with Gasteiger partial charge in [-0.25, -0.2) is 14.1 Å². The summed E-state index contributed by atoms with van der Waals surface area (Å²) in [6, 6.07) is 16.4. The van der Waals surface area contributed by atoms with Crippen molar-refractivity contribution in [1.29, 1.82) is 0 Å². The summed E-state index contributed by atoms with van der Waals surface area (Å²) in [6.07, 6.45) is 1.49. The molecule has 2 N–H and O–H groups in total. The highest BCUT2D eigenvalue weighted by atomic mass is 79.9. The Labute approximate surface area is 223 Å². The van der Waals surface area contributed by atoms with Gasteiger partial charge in [0.1, 0.15) is 30.4 Å². The molecule has 184 valence electrons. The summed E-state index contributed by atoms with van der Waals surface area (Å²) in [4.78, 5) is 38.1. The van der Waals surface area contributed by atoms with Gasteiger partial charge in [-0.1, -0.05) is 42.0 Å². The molecule has 10 heteroatoms. The lowest BCUT2D eigenvalue weighted by molar-refractivity contribution is -0.127. The lowest BCUT2D eigenvalue weighted by atomic mass is 10.1. The van der Waals surface area contributed by atoms with E-state index in [4.69, 9.17) is 4.74 Å².